The Morgan fingerprint density at radius 3 is 2.68 bits per heavy atom. The number of methoxy groups -OCH3 is 1. The van der Waals surface area contributed by atoms with E-state index in [0.29, 0.717) is 10.9 Å². The highest BCUT2D eigenvalue weighted by Crippen LogP contribution is 2.32. The molecule has 1 amide bonds. The first-order chi connectivity index (χ1) is 13.5. The number of thiophene rings is 1. The fourth-order valence-electron chi connectivity index (χ4n) is 2.87. The molecule has 1 aromatic carbocycles. The molecule has 3 aromatic heterocycles. The van der Waals surface area contributed by atoms with Gasteiger partial charge in [0, 0.05) is 20.7 Å². The second kappa shape index (κ2) is 7.57. The molecule has 0 bridgehead atoms. The highest BCUT2D eigenvalue weighted by molar-refractivity contribution is 7.14. The van der Waals surface area contributed by atoms with Gasteiger partial charge < -0.3 is 4.74 Å². The van der Waals surface area contributed by atoms with Crippen molar-refractivity contribution in [2.75, 3.05) is 12.4 Å². The van der Waals surface area contributed by atoms with Crippen molar-refractivity contribution in [3.63, 3.8) is 0 Å². The monoisotopic (exact) mass is 410 g/mol. The first kappa shape index (κ1) is 18.4. The minimum atomic E-state index is -0.356. The lowest BCUT2D eigenvalue weighted by Gasteiger charge is -2.01. The number of amides is 1. The van der Waals surface area contributed by atoms with E-state index < -0.39 is 0 Å². The summed E-state index contributed by atoms with van der Waals surface area (Å²) in [6, 6.07) is 11.7. The highest BCUT2D eigenvalue weighted by Gasteiger charge is 2.20. The van der Waals surface area contributed by atoms with Crippen LogP contribution in [0.1, 0.15) is 20.2 Å². The summed E-state index contributed by atoms with van der Waals surface area (Å²) in [6.07, 6.45) is 1.69. The average Bonchev–Trinajstić information content (AvgIpc) is 3.40. The molecule has 4 rings (SSSR count). The van der Waals surface area contributed by atoms with Gasteiger partial charge in [-0.25, -0.2) is 9.67 Å². The van der Waals surface area contributed by atoms with Crippen molar-refractivity contribution in [2.24, 2.45) is 0 Å². The molecule has 0 aliphatic rings. The molecule has 0 aliphatic carbocycles. The van der Waals surface area contributed by atoms with Gasteiger partial charge >= 0.3 is 0 Å². The van der Waals surface area contributed by atoms with Gasteiger partial charge in [-0.15, -0.1) is 22.7 Å². The molecular formula is C20H18N4O2S2. The Morgan fingerprint density at radius 1 is 1.21 bits per heavy atom. The van der Waals surface area contributed by atoms with E-state index in [0.717, 1.165) is 16.9 Å². The Hall–Kier alpha value is -2.97. The van der Waals surface area contributed by atoms with Crippen LogP contribution in [-0.2, 0) is 0 Å². The number of anilines is 1. The van der Waals surface area contributed by atoms with E-state index >= 15 is 0 Å². The van der Waals surface area contributed by atoms with E-state index in [2.05, 4.69) is 35.3 Å². The molecule has 8 heteroatoms. The minimum Gasteiger partial charge on any atom is -0.493 e. The van der Waals surface area contributed by atoms with Crippen LogP contribution in [0.4, 0.5) is 5.13 Å². The number of ether oxygens (including phenoxy) is 1. The molecule has 28 heavy (non-hydrogen) atoms. The van der Waals surface area contributed by atoms with Crippen LogP contribution in [0, 0.1) is 13.8 Å². The zero-order chi connectivity index (χ0) is 19.7. The number of hydrogen-bond donors (Lipinski definition) is 1. The molecule has 0 atom stereocenters. The predicted molar refractivity (Wildman–Crippen MR) is 113 cm³/mol. The lowest BCUT2D eigenvalue weighted by Crippen LogP contribution is -2.14. The summed E-state index contributed by atoms with van der Waals surface area (Å²) >= 11 is 3.13. The zero-order valence-electron chi connectivity index (χ0n) is 15.6. The lowest BCUT2D eigenvalue weighted by molar-refractivity contribution is 0.101. The van der Waals surface area contributed by atoms with Crippen molar-refractivity contribution in [3.8, 4) is 22.7 Å². The third-order valence-corrected chi connectivity index (χ3v) is 5.90. The topological polar surface area (TPSA) is 69.0 Å². The standard InChI is InChI=1S/C20H18N4O2S2/c1-12-9-15(13(2)28-12)16-11-27-20(21-16)22-19(25)18-17(26-3)10-24(23-18)14-7-5-4-6-8-14/h4-11H,1-3H3,(H,21,22,25). The van der Waals surface area contributed by atoms with Crippen molar-refractivity contribution < 1.29 is 9.53 Å². The van der Waals surface area contributed by atoms with E-state index in [1.807, 2.05) is 35.7 Å². The van der Waals surface area contributed by atoms with Crippen molar-refractivity contribution in [2.45, 2.75) is 13.8 Å². The maximum absolute atomic E-state index is 12.8. The van der Waals surface area contributed by atoms with E-state index in [1.54, 1.807) is 22.2 Å². The van der Waals surface area contributed by atoms with Crippen molar-refractivity contribution in [1.82, 2.24) is 14.8 Å². The van der Waals surface area contributed by atoms with E-state index in [9.17, 15) is 4.79 Å². The molecule has 6 nitrogen and oxygen atoms in total. The van der Waals surface area contributed by atoms with Crippen LogP contribution in [0.25, 0.3) is 16.9 Å². The lowest BCUT2D eigenvalue weighted by atomic mass is 10.2. The number of carbonyl (C=O) groups excluding carboxylic acids is 1. The third-order valence-electron chi connectivity index (χ3n) is 4.18. The maximum Gasteiger partial charge on any atom is 0.281 e. The van der Waals surface area contributed by atoms with Crippen LogP contribution >= 0.6 is 22.7 Å². The second-order valence-corrected chi connectivity index (χ2v) is 8.46. The van der Waals surface area contributed by atoms with Gasteiger partial charge in [-0.2, -0.15) is 5.10 Å². The predicted octanol–water partition coefficient (Wildman–Crippen LogP) is 4.94. The summed E-state index contributed by atoms with van der Waals surface area (Å²) in [5, 5.41) is 9.69. The van der Waals surface area contributed by atoms with E-state index in [4.69, 9.17) is 4.74 Å². The number of aryl methyl sites for hydroxylation is 2. The first-order valence-corrected chi connectivity index (χ1v) is 10.3. The number of para-hydroxylation sites is 1. The molecule has 3 heterocycles. The van der Waals surface area contributed by atoms with Crippen LogP contribution in [-0.4, -0.2) is 27.8 Å². The Balaban J connectivity index is 1.57. The highest BCUT2D eigenvalue weighted by atomic mass is 32.1. The van der Waals surface area contributed by atoms with Gasteiger partial charge in [-0.3, -0.25) is 10.1 Å². The molecule has 0 unspecified atom stereocenters. The molecule has 0 saturated heterocycles. The summed E-state index contributed by atoms with van der Waals surface area (Å²) < 4.78 is 6.96. The van der Waals surface area contributed by atoms with Crippen molar-refractivity contribution >= 4 is 33.7 Å². The largest absolute Gasteiger partial charge is 0.493 e. The molecule has 0 radical (unpaired) electrons. The number of nitrogens with one attached hydrogen (secondary N) is 1. The summed E-state index contributed by atoms with van der Waals surface area (Å²) in [5.74, 6) is 0.0492. The van der Waals surface area contributed by atoms with E-state index in [1.165, 1.54) is 28.2 Å². The number of thiazole rings is 1. The molecule has 0 fully saturated rings. The van der Waals surface area contributed by atoms with Crippen LogP contribution < -0.4 is 10.1 Å². The van der Waals surface area contributed by atoms with Gasteiger partial charge in [0.15, 0.2) is 16.6 Å². The molecule has 0 saturated carbocycles. The minimum absolute atomic E-state index is 0.214. The zero-order valence-corrected chi connectivity index (χ0v) is 17.2. The Kier molecular flexibility index (Phi) is 4.97. The normalized spacial score (nSPS) is 10.8. The third kappa shape index (κ3) is 3.56. The van der Waals surface area contributed by atoms with Gasteiger partial charge in [0.25, 0.3) is 5.91 Å². The van der Waals surface area contributed by atoms with Gasteiger partial charge in [0.1, 0.15) is 0 Å². The van der Waals surface area contributed by atoms with Crippen LogP contribution in [0.15, 0.2) is 48.0 Å². The molecule has 1 N–H and O–H groups in total. The average molecular weight is 411 g/mol. The number of hydrogen-bond acceptors (Lipinski definition) is 6. The quantitative estimate of drug-likeness (QED) is 0.506. The Bertz CT molecular complexity index is 1130. The number of benzene rings is 1. The first-order valence-electron chi connectivity index (χ1n) is 8.58. The number of aromatic nitrogens is 3. The maximum atomic E-state index is 12.8. The molecule has 0 aliphatic heterocycles. The second-order valence-electron chi connectivity index (χ2n) is 6.15. The molecular weight excluding hydrogens is 392 g/mol. The molecule has 0 spiro atoms. The summed E-state index contributed by atoms with van der Waals surface area (Å²) in [4.78, 5) is 19.8. The fraction of sp³-hybridized carbons (Fsp3) is 0.150. The van der Waals surface area contributed by atoms with Gasteiger partial charge in [0.2, 0.25) is 0 Å². The molecule has 142 valence electrons. The fourth-order valence-corrected chi connectivity index (χ4v) is 4.51. The summed E-state index contributed by atoms with van der Waals surface area (Å²) in [6.45, 7) is 4.15. The van der Waals surface area contributed by atoms with Gasteiger partial charge in [-0.1, -0.05) is 18.2 Å². The van der Waals surface area contributed by atoms with Gasteiger partial charge in [-0.05, 0) is 32.0 Å². The summed E-state index contributed by atoms with van der Waals surface area (Å²) in [7, 11) is 1.52. The van der Waals surface area contributed by atoms with Crippen LogP contribution in [0.2, 0.25) is 0 Å². The van der Waals surface area contributed by atoms with Crippen molar-refractivity contribution in [3.05, 3.63) is 63.4 Å². The van der Waals surface area contributed by atoms with Crippen LogP contribution in [0.5, 0.6) is 5.75 Å². The Labute approximate surface area is 170 Å². The number of carbonyl (C=O) groups is 1. The molecule has 4 aromatic rings. The van der Waals surface area contributed by atoms with Gasteiger partial charge in [0.05, 0.1) is 24.7 Å². The van der Waals surface area contributed by atoms with E-state index in [-0.39, 0.29) is 11.6 Å². The van der Waals surface area contributed by atoms with Crippen molar-refractivity contribution in [1.29, 1.82) is 0 Å². The SMILES string of the molecule is COc1cn(-c2ccccc2)nc1C(=O)Nc1nc(-c2cc(C)sc2C)cs1. The summed E-state index contributed by atoms with van der Waals surface area (Å²) in [5.41, 5.74) is 3.03. The smallest absolute Gasteiger partial charge is 0.281 e. The van der Waals surface area contributed by atoms with Crippen LogP contribution in [0.3, 0.4) is 0 Å². The number of rotatable bonds is 5. The number of nitrogens with zero attached hydrogens (tertiary/aromatic N) is 3. The Morgan fingerprint density at radius 2 is 2.00 bits per heavy atom.